The number of hydrogen-bond acceptors (Lipinski definition) is 3. The largest absolute Gasteiger partial charge is 0.573 e. The molecule has 1 unspecified atom stereocenters. The van der Waals surface area contributed by atoms with Gasteiger partial charge in [-0.15, -0.1) is 13.2 Å². The van der Waals surface area contributed by atoms with Gasteiger partial charge in [-0.1, -0.05) is 72.8 Å². The summed E-state index contributed by atoms with van der Waals surface area (Å²) in [6, 6.07) is 27.5. The topological polar surface area (TPSA) is 49.8 Å². The van der Waals surface area contributed by atoms with E-state index in [0.29, 0.717) is 23.2 Å². The number of hydrogen-bond donors (Lipinski definition) is 1. The Kier molecular flexibility index (Phi) is 8.66. The van der Waals surface area contributed by atoms with Gasteiger partial charge in [-0.2, -0.15) is 0 Å². The molecule has 0 heterocycles. The zero-order valence-corrected chi connectivity index (χ0v) is 21.1. The van der Waals surface area contributed by atoms with Crippen molar-refractivity contribution in [3.63, 3.8) is 0 Å². The maximum Gasteiger partial charge on any atom is 0.573 e. The number of carboxylic acid groups (broad SMARTS) is 1. The lowest BCUT2D eigenvalue weighted by Crippen LogP contribution is -2.33. The maximum atomic E-state index is 15.0. The summed E-state index contributed by atoms with van der Waals surface area (Å²) in [6.45, 7) is 2.35. The van der Waals surface area contributed by atoms with E-state index in [9.17, 15) is 23.1 Å². The SMILES string of the molecule is C[C@H](c1ccccc1)N(Cc1ccccc1)C(CC(=O)O)c1cc(F)cc(-c2cccc(OC(F)(F)F)c2)c1. The Labute approximate surface area is 224 Å². The standard InChI is InChI=1S/C31H27F4NO3/c1-21(23-11-6-3-7-12-23)36(20-22-9-4-2-5-10-22)29(19-30(37)38)26-15-25(16-27(32)17-26)24-13-8-14-28(18-24)39-31(33,34)35/h2-18,21,29H,19-20H2,1H3,(H,37,38)/t21-,29?/m1/s1. The molecule has 0 spiro atoms. The smallest absolute Gasteiger partial charge is 0.481 e. The van der Waals surface area contributed by atoms with Gasteiger partial charge in [0.05, 0.1) is 6.42 Å². The quantitative estimate of drug-likeness (QED) is 0.207. The number of halogens is 4. The fourth-order valence-corrected chi connectivity index (χ4v) is 4.67. The summed E-state index contributed by atoms with van der Waals surface area (Å²) in [7, 11) is 0. The van der Waals surface area contributed by atoms with Gasteiger partial charge in [0.2, 0.25) is 0 Å². The molecule has 2 atom stereocenters. The van der Waals surface area contributed by atoms with Gasteiger partial charge >= 0.3 is 12.3 Å². The molecule has 202 valence electrons. The minimum atomic E-state index is -4.87. The van der Waals surface area contributed by atoms with Crippen LogP contribution in [-0.2, 0) is 11.3 Å². The average Bonchev–Trinajstić information content (AvgIpc) is 2.90. The number of carbonyl (C=O) groups is 1. The molecule has 0 aliphatic heterocycles. The van der Waals surface area contributed by atoms with Gasteiger partial charge in [0.1, 0.15) is 11.6 Å². The van der Waals surface area contributed by atoms with E-state index < -0.39 is 29.9 Å². The Bertz CT molecular complexity index is 1390. The van der Waals surface area contributed by atoms with E-state index in [1.165, 1.54) is 24.3 Å². The third kappa shape index (κ3) is 7.67. The van der Waals surface area contributed by atoms with Crippen LogP contribution < -0.4 is 4.74 Å². The second-order valence-corrected chi connectivity index (χ2v) is 9.21. The number of nitrogens with zero attached hydrogens (tertiary/aromatic N) is 1. The first-order chi connectivity index (χ1) is 18.6. The van der Waals surface area contributed by atoms with Gasteiger partial charge in [-0.3, -0.25) is 9.69 Å². The van der Waals surface area contributed by atoms with Crippen LogP contribution in [0.25, 0.3) is 11.1 Å². The monoisotopic (exact) mass is 537 g/mol. The van der Waals surface area contributed by atoms with Crippen LogP contribution in [0.1, 0.15) is 42.1 Å². The number of alkyl halides is 3. The van der Waals surface area contributed by atoms with Crippen molar-refractivity contribution in [3.8, 4) is 16.9 Å². The fraction of sp³-hybridized carbons (Fsp3) is 0.194. The van der Waals surface area contributed by atoms with Crippen molar-refractivity contribution in [2.75, 3.05) is 0 Å². The molecule has 0 amide bonds. The van der Waals surface area contributed by atoms with Crippen molar-refractivity contribution in [3.05, 3.63) is 126 Å². The Morgan fingerprint density at radius 2 is 1.51 bits per heavy atom. The van der Waals surface area contributed by atoms with Crippen molar-refractivity contribution in [2.24, 2.45) is 0 Å². The number of rotatable bonds is 10. The van der Waals surface area contributed by atoms with Crippen molar-refractivity contribution in [1.82, 2.24) is 4.90 Å². The van der Waals surface area contributed by atoms with Crippen molar-refractivity contribution >= 4 is 5.97 Å². The molecule has 4 rings (SSSR count). The average molecular weight is 538 g/mol. The third-order valence-corrected chi connectivity index (χ3v) is 6.46. The number of ether oxygens (including phenoxy) is 1. The summed E-state index contributed by atoms with van der Waals surface area (Å²) in [6.07, 6.45) is -5.19. The van der Waals surface area contributed by atoms with Crippen LogP contribution in [0, 0.1) is 5.82 Å². The highest BCUT2D eigenvalue weighted by Crippen LogP contribution is 2.37. The zero-order chi connectivity index (χ0) is 28.0. The van der Waals surface area contributed by atoms with Crippen LogP contribution in [-0.4, -0.2) is 22.3 Å². The van der Waals surface area contributed by atoms with Crippen molar-refractivity contribution < 1.29 is 32.2 Å². The summed E-state index contributed by atoms with van der Waals surface area (Å²) in [5.74, 6) is -2.13. The van der Waals surface area contributed by atoms with Crippen LogP contribution in [0.4, 0.5) is 17.6 Å². The molecular weight excluding hydrogens is 510 g/mol. The molecule has 0 aliphatic rings. The van der Waals surface area contributed by atoms with Gasteiger partial charge in [-0.05, 0) is 65.1 Å². The Balaban J connectivity index is 1.79. The molecule has 4 nitrogen and oxygen atoms in total. The molecule has 4 aromatic carbocycles. The lowest BCUT2D eigenvalue weighted by molar-refractivity contribution is -0.274. The van der Waals surface area contributed by atoms with Crippen molar-refractivity contribution in [1.29, 1.82) is 0 Å². The van der Waals surface area contributed by atoms with Crippen LogP contribution in [0.5, 0.6) is 5.75 Å². The van der Waals surface area contributed by atoms with E-state index in [2.05, 4.69) is 4.74 Å². The molecule has 0 aromatic heterocycles. The lowest BCUT2D eigenvalue weighted by Gasteiger charge is -2.37. The van der Waals surface area contributed by atoms with Gasteiger partial charge in [-0.25, -0.2) is 4.39 Å². The van der Waals surface area contributed by atoms with E-state index in [0.717, 1.165) is 17.2 Å². The zero-order valence-electron chi connectivity index (χ0n) is 21.1. The molecule has 4 aromatic rings. The molecule has 0 fully saturated rings. The molecular formula is C31H27F4NO3. The summed E-state index contributed by atoms with van der Waals surface area (Å²) < 4.78 is 57.4. The first kappa shape index (κ1) is 27.9. The second kappa shape index (κ2) is 12.1. The molecule has 0 saturated carbocycles. The molecule has 39 heavy (non-hydrogen) atoms. The van der Waals surface area contributed by atoms with Gasteiger partial charge in [0.15, 0.2) is 0 Å². The van der Waals surface area contributed by atoms with E-state index in [1.807, 2.05) is 72.5 Å². The van der Waals surface area contributed by atoms with Gasteiger partial charge in [0, 0.05) is 18.6 Å². The minimum absolute atomic E-state index is 0.244. The van der Waals surface area contributed by atoms with E-state index in [4.69, 9.17) is 0 Å². The summed E-state index contributed by atoms with van der Waals surface area (Å²) in [4.78, 5) is 14.1. The summed E-state index contributed by atoms with van der Waals surface area (Å²) >= 11 is 0. The highest BCUT2D eigenvalue weighted by Gasteiger charge is 2.31. The highest BCUT2D eigenvalue weighted by molar-refractivity contribution is 5.69. The molecule has 1 N–H and O–H groups in total. The highest BCUT2D eigenvalue weighted by atomic mass is 19.4. The van der Waals surface area contributed by atoms with E-state index in [1.54, 1.807) is 12.1 Å². The minimum Gasteiger partial charge on any atom is -0.481 e. The molecule has 0 saturated heterocycles. The maximum absolute atomic E-state index is 15.0. The number of benzene rings is 4. The van der Waals surface area contributed by atoms with Crippen LogP contribution in [0.15, 0.2) is 103 Å². The van der Waals surface area contributed by atoms with Crippen LogP contribution >= 0.6 is 0 Å². The first-order valence-corrected chi connectivity index (χ1v) is 12.3. The van der Waals surface area contributed by atoms with E-state index in [-0.39, 0.29) is 12.5 Å². The van der Waals surface area contributed by atoms with Gasteiger partial charge in [0.25, 0.3) is 0 Å². The first-order valence-electron chi connectivity index (χ1n) is 12.3. The Hall–Kier alpha value is -4.17. The Morgan fingerprint density at radius 1 is 0.846 bits per heavy atom. The van der Waals surface area contributed by atoms with Gasteiger partial charge < -0.3 is 9.84 Å². The normalized spacial score (nSPS) is 13.2. The predicted octanol–water partition coefficient (Wildman–Crippen LogP) is 8.17. The lowest BCUT2D eigenvalue weighted by atomic mass is 9.93. The van der Waals surface area contributed by atoms with Crippen LogP contribution in [0.2, 0.25) is 0 Å². The van der Waals surface area contributed by atoms with Crippen LogP contribution in [0.3, 0.4) is 0 Å². The predicted molar refractivity (Wildman–Crippen MR) is 140 cm³/mol. The molecule has 0 radical (unpaired) electrons. The van der Waals surface area contributed by atoms with Crippen molar-refractivity contribution in [2.45, 2.75) is 38.3 Å². The molecule has 8 heteroatoms. The summed E-state index contributed by atoms with van der Waals surface area (Å²) in [5, 5.41) is 9.87. The van der Waals surface area contributed by atoms with E-state index >= 15 is 4.39 Å². The third-order valence-electron chi connectivity index (χ3n) is 6.46. The molecule has 0 bridgehead atoms. The second-order valence-electron chi connectivity index (χ2n) is 9.21. The number of carboxylic acids is 1. The fourth-order valence-electron chi connectivity index (χ4n) is 4.67. The Morgan fingerprint density at radius 3 is 2.15 bits per heavy atom. The summed E-state index contributed by atoms with van der Waals surface area (Å²) in [5.41, 5.74) is 2.91. The number of aliphatic carboxylic acids is 1. The molecule has 0 aliphatic carbocycles.